The lowest BCUT2D eigenvalue weighted by atomic mass is 10.1. The summed E-state index contributed by atoms with van der Waals surface area (Å²) in [7, 11) is 0. The summed E-state index contributed by atoms with van der Waals surface area (Å²) in [5, 5.41) is 3.01. The molecule has 136 valence electrons. The fourth-order valence-corrected chi connectivity index (χ4v) is 3.76. The molecule has 0 bridgehead atoms. The smallest absolute Gasteiger partial charge is 0.229 e. The summed E-state index contributed by atoms with van der Waals surface area (Å²) in [6, 6.07) is 11.8. The van der Waals surface area contributed by atoms with Crippen LogP contribution in [0.1, 0.15) is 30.0 Å². The van der Waals surface area contributed by atoms with Crippen molar-refractivity contribution in [1.29, 1.82) is 0 Å². The number of nitrogens with zero attached hydrogens (tertiary/aromatic N) is 1. The van der Waals surface area contributed by atoms with E-state index in [2.05, 4.69) is 28.2 Å². The second-order valence-electron chi connectivity index (χ2n) is 6.77. The average molecular weight is 415 g/mol. The number of rotatable bonds is 4. The molecule has 0 spiro atoms. The molecule has 0 aromatic heterocycles. The molecular formula is C21H23BrN2O2. The standard InChI is InChI=1S/C21H23BrN2O2/c1-4-15-10-17(22)8-9-18(15)23-21(26)16-11-20(25)24(12-16)19-7-5-6-13(2)14(19)3/h5-10,16H,4,11-12H2,1-3H3,(H,23,26)/t16-/m1/s1. The first-order chi connectivity index (χ1) is 12.4. The van der Waals surface area contributed by atoms with Crippen molar-refractivity contribution in [3.63, 3.8) is 0 Å². The van der Waals surface area contributed by atoms with Gasteiger partial charge in [0.15, 0.2) is 0 Å². The Morgan fingerprint density at radius 3 is 2.77 bits per heavy atom. The molecule has 4 nitrogen and oxygen atoms in total. The largest absolute Gasteiger partial charge is 0.326 e. The Bertz CT molecular complexity index is 863. The summed E-state index contributed by atoms with van der Waals surface area (Å²) in [5.41, 5.74) is 5.03. The van der Waals surface area contributed by atoms with Crippen LogP contribution in [0, 0.1) is 19.8 Å². The Hall–Kier alpha value is -2.14. The highest BCUT2D eigenvalue weighted by Crippen LogP contribution is 2.30. The van der Waals surface area contributed by atoms with E-state index >= 15 is 0 Å². The van der Waals surface area contributed by atoms with Gasteiger partial charge in [-0.05, 0) is 61.2 Å². The molecule has 1 heterocycles. The maximum Gasteiger partial charge on any atom is 0.229 e. The van der Waals surface area contributed by atoms with Crippen molar-refractivity contribution in [2.75, 3.05) is 16.8 Å². The van der Waals surface area contributed by atoms with E-state index in [0.717, 1.165) is 39.0 Å². The summed E-state index contributed by atoms with van der Waals surface area (Å²) >= 11 is 3.46. The second kappa shape index (κ2) is 7.62. The maximum absolute atomic E-state index is 12.7. The molecule has 26 heavy (non-hydrogen) atoms. The predicted octanol–water partition coefficient (Wildman–Crippen LogP) is 4.62. The summed E-state index contributed by atoms with van der Waals surface area (Å²) in [4.78, 5) is 27.0. The van der Waals surface area contributed by atoms with Crippen LogP contribution in [0.25, 0.3) is 0 Å². The molecule has 2 aromatic carbocycles. The molecule has 1 aliphatic heterocycles. The number of nitrogens with one attached hydrogen (secondary N) is 1. The van der Waals surface area contributed by atoms with Crippen molar-refractivity contribution < 1.29 is 9.59 Å². The van der Waals surface area contributed by atoms with Gasteiger partial charge in [0.2, 0.25) is 11.8 Å². The number of amides is 2. The van der Waals surface area contributed by atoms with Gasteiger partial charge in [-0.15, -0.1) is 0 Å². The van der Waals surface area contributed by atoms with E-state index in [9.17, 15) is 9.59 Å². The average Bonchev–Trinajstić information content (AvgIpc) is 3.00. The van der Waals surface area contributed by atoms with Gasteiger partial charge in [0.05, 0.1) is 5.92 Å². The molecule has 5 heteroatoms. The molecule has 2 aromatic rings. The fraction of sp³-hybridized carbons (Fsp3) is 0.333. The molecule has 3 rings (SSSR count). The van der Waals surface area contributed by atoms with Crippen LogP contribution in [0.3, 0.4) is 0 Å². The first-order valence-electron chi connectivity index (χ1n) is 8.86. The van der Waals surface area contributed by atoms with E-state index in [1.807, 2.05) is 50.2 Å². The number of benzene rings is 2. The molecule has 0 aliphatic carbocycles. The van der Waals surface area contributed by atoms with E-state index < -0.39 is 0 Å². The molecule has 1 N–H and O–H groups in total. The summed E-state index contributed by atoms with van der Waals surface area (Å²) in [6.07, 6.45) is 1.07. The third-order valence-electron chi connectivity index (χ3n) is 5.07. The molecule has 1 atom stereocenters. The van der Waals surface area contributed by atoms with Gasteiger partial charge in [0, 0.05) is 28.8 Å². The molecule has 0 radical (unpaired) electrons. The van der Waals surface area contributed by atoms with Gasteiger partial charge in [-0.25, -0.2) is 0 Å². The Kier molecular flexibility index (Phi) is 5.47. The van der Waals surface area contributed by atoms with Crippen molar-refractivity contribution in [3.8, 4) is 0 Å². The van der Waals surface area contributed by atoms with E-state index in [0.29, 0.717) is 6.54 Å². The van der Waals surface area contributed by atoms with Crippen molar-refractivity contribution in [1.82, 2.24) is 0 Å². The molecule has 0 unspecified atom stereocenters. The van der Waals surface area contributed by atoms with Crippen molar-refractivity contribution >= 4 is 39.1 Å². The minimum absolute atomic E-state index is 0.00497. The molecule has 2 amide bonds. The van der Waals surface area contributed by atoms with E-state index in [1.54, 1.807) is 4.90 Å². The van der Waals surface area contributed by atoms with E-state index in [4.69, 9.17) is 0 Å². The van der Waals surface area contributed by atoms with Gasteiger partial charge in [-0.2, -0.15) is 0 Å². The molecular weight excluding hydrogens is 392 g/mol. The zero-order chi connectivity index (χ0) is 18.8. The zero-order valence-electron chi connectivity index (χ0n) is 15.3. The highest BCUT2D eigenvalue weighted by atomic mass is 79.9. The van der Waals surface area contributed by atoms with Gasteiger partial charge in [0.25, 0.3) is 0 Å². The SMILES string of the molecule is CCc1cc(Br)ccc1NC(=O)[C@@H]1CC(=O)N(c2cccc(C)c2C)C1. The number of carbonyl (C=O) groups is 2. The van der Waals surface area contributed by atoms with Gasteiger partial charge in [-0.3, -0.25) is 9.59 Å². The fourth-order valence-electron chi connectivity index (χ4n) is 3.36. The second-order valence-corrected chi connectivity index (χ2v) is 7.68. The highest BCUT2D eigenvalue weighted by molar-refractivity contribution is 9.10. The topological polar surface area (TPSA) is 49.4 Å². The van der Waals surface area contributed by atoms with E-state index in [1.165, 1.54) is 0 Å². The van der Waals surface area contributed by atoms with E-state index in [-0.39, 0.29) is 24.2 Å². The first kappa shape index (κ1) is 18.6. The summed E-state index contributed by atoms with van der Waals surface area (Å²) in [5.74, 6) is -0.427. The van der Waals surface area contributed by atoms with Crippen LogP contribution in [-0.2, 0) is 16.0 Å². The molecule has 1 saturated heterocycles. The number of halogens is 1. The summed E-state index contributed by atoms with van der Waals surface area (Å²) in [6.45, 7) is 6.52. The Balaban J connectivity index is 1.76. The van der Waals surface area contributed by atoms with Gasteiger partial charge in [-0.1, -0.05) is 35.0 Å². The summed E-state index contributed by atoms with van der Waals surface area (Å²) < 4.78 is 0.990. The Labute approximate surface area is 162 Å². The van der Waals surface area contributed by atoms with Crippen LogP contribution in [0.2, 0.25) is 0 Å². The number of aryl methyl sites for hydroxylation is 2. The van der Waals surface area contributed by atoms with Crippen LogP contribution in [0.4, 0.5) is 11.4 Å². The number of hydrogen-bond acceptors (Lipinski definition) is 2. The maximum atomic E-state index is 12.7. The molecule has 1 aliphatic rings. The Morgan fingerprint density at radius 2 is 2.04 bits per heavy atom. The Morgan fingerprint density at radius 1 is 1.27 bits per heavy atom. The highest BCUT2D eigenvalue weighted by Gasteiger charge is 2.35. The third-order valence-corrected chi connectivity index (χ3v) is 5.56. The molecule has 0 saturated carbocycles. The normalized spacial score (nSPS) is 16.8. The quantitative estimate of drug-likeness (QED) is 0.792. The van der Waals surface area contributed by atoms with Crippen LogP contribution in [0.15, 0.2) is 40.9 Å². The lowest BCUT2D eigenvalue weighted by Crippen LogP contribution is -2.28. The van der Waals surface area contributed by atoms with Crippen LogP contribution >= 0.6 is 15.9 Å². The monoisotopic (exact) mass is 414 g/mol. The van der Waals surface area contributed by atoms with Gasteiger partial charge >= 0.3 is 0 Å². The zero-order valence-corrected chi connectivity index (χ0v) is 16.9. The number of carbonyl (C=O) groups excluding carboxylic acids is 2. The van der Waals surface area contributed by atoms with Crippen molar-refractivity contribution in [3.05, 3.63) is 57.6 Å². The lowest BCUT2D eigenvalue weighted by Gasteiger charge is -2.20. The third kappa shape index (κ3) is 3.68. The van der Waals surface area contributed by atoms with Crippen LogP contribution in [-0.4, -0.2) is 18.4 Å². The predicted molar refractivity (Wildman–Crippen MR) is 109 cm³/mol. The molecule has 1 fully saturated rings. The first-order valence-corrected chi connectivity index (χ1v) is 9.66. The number of hydrogen-bond donors (Lipinski definition) is 1. The van der Waals surface area contributed by atoms with Crippen molar-refractivity contribution in [2.45, 2.75) is 33.6 Å². The minimum Gasteiger partial charge on any atom is -0.326 e. The van der Waals surface area contributed by atoms with Crippen LogP contribution in [0.5, 0.6) is 0 Å². The lowest BCUT2D eigenvalue weighted by molar-refractivity contribution is -0.122. The van der Waals surface area contributed by atoms with Crippen LogP contribution < -0.4 is 10.2 Å². The van der Waals surface area contributed by atoms with Gasteiger partial charge < -0.3 is 10.2 Å². The minimum atomic E-state index is -0.337. The number of anilines is 2. The van der Waals surface area contributed by atoms with Gasteiger partial charge in [0.1, 0.15) is 0 Å². The van der Waals surface area contributed by atoms with Crippen molar-refractivity contribution in [2.24, 2.45) is 5.92 Å².